The summed E-state index contributed by atoms with van der Waals surface area (Å²) in [5.41, 5.74) is 2.06. The lowest BCUT2D eigenvalue weighted by Gasteiger charge is -2.08. The van der Waals surface area contributed by atoms with Crippen LogP contribution in [0.15, 0.2) is 59.5 Å². The largest absolute Gasteiger partial charge is 0.478 e. The molecule has 2 aromatic rings. The summed E-state index contributed by atoms with van der Waals surface area (Å²) in [5.74, 6) is -1.06. The maximum atomic E-state index is 12.3. The molecule has 114 valence electrons. The summed E-state index contributed by atoms with van der Waals surface area (Å²) < 4.78 is 27.0. The molecule has 0 aliphatic rings. The van der Waals surface area contributed by atoms with Gasteiger partial charge in [-0.15, -0.1) is 0 Å². The average Bonchev–Trinajstić information content (AvgIpc) is 2.45. The second-order valence-electron chi connectivity index (χ2n) is 4.72. The number of hydrogen-bond acceptors (Lipinski definition) is 3. The summed E-state index contributed by atoms with van der Waals surface area (Å²) in [4.78, 5) is 10.5. The van der Waals surface area contributed by atoms with Gasteiger partial charge in [0.05, 0.1) is 4.90 Å². The van der Waals surface area contributed by atoms with Crippen molar-refractivity contribution < 1.29 is 18.3 Å². The monoisotopic (exact) mass is 317 g/mol. The van der Waals surface area contributed by atoms with E-state index in [1.165, 1.54) is 18.2 Å². The summed E-state index contributed by atoms with van der Waals surface area (Å²) in [6.45, 7) is 1.88. The van der Waals surface area contributed by atoms with E-state index < -0.39 is 16.0 Å². The number of nitrogens with one attached hydrogen (secondary N) is 1. The van der Waals surface area contributed by atoms with Crippen LogP contribution in [-0.2, 0) is 14.8 Å². The highest BCUT2D eigenvalue weighted by Crippen LogP contribution is 2.17. The van der Waals surface area contributed by atoms with Crippen LogP contribution in [0.25, 0.3) is 6.08 Å². The fraction of sp³-hybridized carbons (Fsp3) is 0.0625. The lowest BCUT2D eigenvalue weighted by atomic mass is 10.2. The molecule has 2 rings (SSSR count). The lowest BCUT2D eigenvalue weighted by Crippen LogP contribution is -2.12. The smallest absolute Gasteiger partial charge is 0.328 e. The lowest BCUT2D eigenvalue weighted by molar-refractivity contribution is -0.131. The zero-order valence-corrected chi connectivity index (χ0v) is 12.7. The zero-order chi connectivity index (χ0) is 16.2. The Morgan fingerprint density at radius 1 is 1.14 bits per heavy atom. The van der Waals surface area contributed by atoms with Crippen LogP contribution in [0.3, 0.4) is 0 Å². The molecule has 0 saturated heterocycles. The molecule has 0 heterocycles. The number of benzene rings is 2. The molecule has 0 aromatic heterocycles. The van der Waals surface area contributed by atoms with Gasteiger partial charge in [-0.2, -0.15) is 0 Å². The van der Waals surface area contributed by atoms with Crippen molar-refractivity contribution in [2.24, 2.45) is 0 Å². The Kier molecular flexibility index (Phi) is 4.62. The van der Waals surface area contributed by atoms with Gasteiger partial charge < -0.3 is 5.11 Å². The molecule has 0 bridgehead atoms. The number of carbonyl (C=O) groups is 1. The Bertz CT molecular complexity index is 808. The Morgan fingerprint density at radius 2 is 1.82 bits per heavy atom. The van der Waals surface area contributed by atoms with Gasteiger partial charge in [0, 0.05) is 11.8 Å². The Labute approximate surface area is 129 Å². The summed E-state index contributed by atoms with van der Waals surface area (Å²) in [6.07, 6.45) is 2.39. The van der Waals surface area contributed by atoms with Crippen LogP contribution in [0.5, 0.6) is 0 Å². The molecule has 0 spiro atoms. The van der Waals surface area contributed by atoms with Crippen molar-refractivity contribution in [3.8, 4) is 0 Å². The zero-order valence-electron chi connectivity index (χ0n) is 11.9. The van der Waals surface area contributed by atoms with Crippen molar-refractivity contribution in [3.63, 3.8) is 0 Å². The minimum absolute atomic E-state index is 0.112. The second-order valence-corrected chi connectivity index (χ2v) is 6.40. The summed E-state index contributed by atoms with van der Waals surface area (Å²) in [6, 6.07) is 13.0. The first-order valence-corrected chi connectivity index (χ1v) is 7.96. The van der Waals surface area contributed by atoms with Crippen LogP contribution in [0.4, 0.5) is 5.69 Å². The number of carboxylic acids is 1. The second kappa shape index (κ2) is 6.44. The van der Waals surface area contributed by atoms with Gasteiger partial charge in [-0.05, 0) is 48.4 Å². The number of rotatable bonds is 5. The van der Waals surface area contributed by atoms with Crippen molar-refractivity contribution in [2.45, 2.75) is 11.8 Å². The van der Waals surface area contributed by atoms with Crippen LogP contribution in [-0.4, -0.2) is 19.5 Å². The molecule has 5 nitrogen and oxygen atoms in total. The molecular weight excluding hydrogens is 302 g/mol. The summed E-state index contributed by atoms with van der Waals surface area (Å²) >= 11 is 0. The fourth-order valence-electron chi connectivity index (χ4n) is 1.85. The van der Waals surface area contributed by atoms with Gasteiger partial charge in [-0.3, -0.25) is 4.72 Å². The van der Waals surface area contributed by atoms with Gasteiger partial charge in [0.15, 0.2) is 0 Å². The average molecular weight is 317 g/mol. The number of anilines is 1. The molecule has 6 heteroatoms. The Balaban J connectivity index is 2.21. The third kappa shape index (κ3) is 4.20. The van der Waals surface area contributed by atoms with E-state index in [0.717, 1.165) is 11.6 Å². The molecule has 0 fully saturated rings. The van der Waals surface area contributed by atoms with Gasteiger partial charge in [0.25, 0.3) is 10.0 Å². The van der Waals surface area contributed by atoms with Crippen LogP contribution < -0.4 is 4.72 Å². The van der Waals surface area contributed by atoms with Crippen LogP contribution in [0.2, 0.25) is 0 Å². The molecule has 0 unspecified atom stereocenters. The molecule has 2 N–H and O–H groups in total. The molecule has 0 radical (unpaired) electrons. The first kappa shape index (κ1) is 15.8. The molecule has 22 heavy (non-hydrogen) atoms. The predicted molar refractivity (Wildman–Crippen MR) is 85.1 cm³/mol. The number of carboxylic acid groups (broad SMARTS) is 1. The van der Waals surface area contributed by atoms with Crippen molar-refractivity contribution in [1.29, 1.82) is 0 Å². The van der Waals surface area contributed by atoms with Gasteiger partial charge in [0.1, 0.15) is 0 Å². The molecule has 0 aliphatic carbocycles. The molecular formula is C16H15NO4S. The quantitative estimate of drug-likeness (QED) is 0.831. The normalized spacial score (nSPS) is 11.5. The maximum Gasteiger partial charge on any atom is 0.328 e. The van der Waals surface area contributed by atoms with Crippen molar-refractivity contribution in [2.75, 3.05) is 4.72 Å². The molecule has 0 saturated carbocycles. The minimum Gasteiger partial charge on any atom is -0.478 e. The fourth-order valence-corrected chi connectivity index (χ4v) is 2.90. The third-order valence-corrected chi connectivity index (χ3v) is 4.28. The number of hydrogen-bond donors (Lipinski definition) is 2. The van der Waals surface area contributed by atoms with Crippen LogP contribution in [0, 0.1) is 6.92 Å². The molecule has 0 aliphatic heterocycles. The topological polar surface area (TPSA) is 83.5 Å². The first-order chi connectivity index (χ1) is 10.4. The van der Waals surface area contributed by atoms with E-state index >= 15 is 0 Å². The van der Waals surface area contributed by atoms with Gasteiger partial charge in [0.2, 0.25) is 0 Å². The number of sulfonamides is 1. The van der Waals surface area contributed by atoms with Crippen molar-refractivity contribution >= 4 is 27.8 Å². The summed E-state index contributed by atoms with van der Waals surface area (Å²) in [5, 5.41) is 8.55. The third-order valence-electron chi connectivity index (χ3n) is 2.88. The Hall–Kier alpha value is -2.60. The van der Waals surface area contributed by atoms with Crippen molar-refractivity contribution in [1.82, 2.24) is 0 Å². The number of aliphatic carboxylic acids is 1. The van der Waals surface area contributed by atoms with E-state index in [1.54, 1.807) is 30.3 Å². The molecule has 0 amide bonds. The minimum atomic E-state index is -3.67. The predicted octanol–water partition coefficient (Wildman–Crippen LogP) is 2.89. The van der Waals surface area contributed by atoms with Gasteiger partial charge >= 0.3 is 5.97 Å². The highest BCUT2D eigenvalue weighted by molar-refractivity contribution is 7.92. The van der Waals surface area contributed by atoms with Crippen LogP contribution >= 0.6 is 0 Å². The summed E-state index contributed by atoms with van der Waals surface area (Å²) in [7, 11) is -3.67. The van der Waals surface area contributed by atoms with E-state index in [4.69, 9.17) is 5.11 Å². The van der Waals surface area contributed by atoms with E-state index in [1.807, 2.05) is 13.0 Å². The SMILES string of the molecule is Cc1cccc(NS(=O)(=O)c2ccc(C=CC(=O)O)cc2)c1. The van der Waals surface area contributed by atoms with Crippen molar-refractivity contribution in [3.05, 3.63) is 65.7 Å². The Morgan fingerprint density at radius 3 is 2.41 bits per heavy atom. The van der Waals surface area contributed by atoms with E-state index in [0.29, 0.717) is 11.3 Å². The molecule has 0 atom stereocenters. The standard InChI is InChI=1S/C16H15NO4S/c1-12-3-2-4-14(11-12)17-22(20,21)15-8-5-13(6-9-15)7-10-16(18)19/h2-11,17H,1H3,(H,18,19). The van der Waals surface area contributed by atoms with E-state index in [-0.39, 0.29) is 4.90 Å². The van der Waals surface area contributed by atoms with Gasteiger partial charge in [-0.1, -0.05) is 24.3 Å². The van der Waals surface area contributed by atoms with E-state index in [9.17, 15) is 13.2 Å². The first-order valence-electron chi connectivity index (χ1n) is 6.47. The van der Waals surface area contributed by atoms with E-state index in [2.05, 4.69) is 4.72 Å². The highest BCUT2D eigenvalue weighted by Gasteiger charge is 2.13. The highest BCUT2D eigenvalue weighted by atomic mass is 32.2. The molecule has 2 aromatic carbocycles. The van der Waals surface area contributed by atoms with Gasteiger partial charge in [-0.25, -0.2) is 13.2 Å². The van der Waals surface area contributed by atoms with Crippen LogP contribution in [0.1, 0.15) is 11.1 Å². The number of aryl methyl sites for hydroxylation is 1. The maximum absolute atomic E-state index is 12.3.